The summed E-state index contributed by atoms with van der Waals surface area (Å²) in [5, 5.41) is 3.99. The van der Waals surface area contributed by atoms with E-state index in [4.69, 9.17) is 9.26 Å². The number of nitrogens with zero attached hydrogens (tertiary/aromatic N) is 2. The van der Waals surface area contributed by atoms with Crippen LogP contribution >= 0.6 is 0 Å². The number of methoxy groups -OCH3 is 1. The molecular weight excluding hydrogens is 276 g/mol. The van der Waals surface area contributed by atoms with Crippen LogP contribution in [-0.4, -0.2) is 16.8 Å². The van der Waals surface area contributed by atoms with Gasteiger partial charge in [-0.3, -0.25) is 0 Å². The summed E-state index contributed by atoms with van der Waals surface area (Å²) in [5.74, 6) is 1.82. The molecule has 0 radical (unpaired) electrons. The van der Waals surface area contributed by atoms with E-state index in [9.17, 15) is 0 Å². The molecule has 0 aliphatic heterocycles. The lowest BCUT2D eigenvalue weighted by Gasteiger charge is -2.10. The second kappa shape index (κ2) is 5.37. The van der Waals surface area contributed by atoms with Gasteiger partial charge in [-0.05, 0) is 48.6 Å². The van der Waals surface area contributed by atoms with Gasteiger partial charge in [0.15, 0.2) is 5.76 Å². The standard InChI is InChI=1S/C18H18N2O2/c1-21-16-7-2-4-13(10-16)12-20-9-8-14-5-3-6-15-11-19-22-18(15)17(14)20/h2,4,7-11H,3,5-6,12H2,1H3. The Labute approximate surface area is 129 Å². The number of benzene rings is 1. The summed E-state index contributed by atoms with van der Waals surface area (Å²) >= 11 is 0. The summed E-state index contributed by atoms with van der Waals surface area (Å²) in [6.07, 6.45) is 7.26. The summed E-state index contributed by atoms with van der Waals surface area (Å²) in [6, 6.07) is 10.4. The van der Waals surface area contributed by atoms with Crippen molar-refractivity contribution in [1.29, 1.82) is 0 Å². The van der Waals surface area contributed by atoms with Crippen molar-refractivity contribution >= 4 is 0 Å². The minimum Gasteiger partial charge on any atom is -0.497 e. The third kappa shape index (κ3) is 2.21. The van der Waals surface area contributed by atoms with E-state index in [1.807, 2.05) is 18.3 Å². The molecule has 1 aliphatic rings. The Bertz CT molecular complexity index is 801. The van der Waals surface area contributed by atoms with Gasteiger partial charge in [0.05, 0.1) is 19.0 Å². The zero-order chi connectivity index (χ0) is 14.9. The first-order chi connectivity index (χ1) is 10.8. The second-order valence-corrected chi connectivity index (χ2v) is 5.70. The van der Waals surface area contributed by atoms with Crippen molar-refractivity contribution in [3.63, 3.8) is 0 Å². The summed E-state index contributed by atoms with van der Waals surface area (Å²) in [5.41, 5.74) is 4.94. The average Bonchev–Trinajstić information content (AvgIpc) is 3.11. The van der Waals surface area contributed by atoms with E-state index in [1.54, 1.807) is 7.11 Å². The molecule has 0 unspecified atom stereocenters. The van der Waals surface area contributed by atoms with Crippen LogP contribution < -0.4 is 4.74 Å². The molecule has 3 aromatic rings. The van der Waals surface area contributed by atoms with Crippen molar-refractivity contribution < 1.29 is 9.26 Å². The van der Waals surface area contributed by atoms with Crippen LogP contribution in [-0.2, 0) is 19.4 Å². The first-order valence-electron chi connectivity index (χ1n) is 7.60. The first-order valence-corrected chi connectivity index (χ1v) is 7.60. The van der Waals surface area contributed by atoms with Crippen molar-refractivity contribution in [1.82, 2.24) is 9.72 Å². The van der Waals surface area contributed by atoms with E-state index in [1.165, 1.54) is 22.4 Å². The fraction of sp³-hybridized carbons (Fsp3) is 0.278. The van der Waals surface area contributed by atoms with Crippen LogP contribution in [0.15, 0.2) is 47.2 Å². The Kier molecular flexibility index (Phi) is 3.22. The monoisotopic (exact) mass is 294 g/mol. The molecule has 4 heteroatoms. The van der Waals surface area contributed by atoms with E-state index in [0.29, 0.717) is 0 Å². The minimum atomic E-state index is 0.798. The smallest absolute Gasteiger partial charge is 0.186 e. The largest absolute Gasteiger partial charge is 0.497 e. The third-order valence-electron chi connectivity index (χ3n) is 4.29. The number of rotatable bonds is 3. The highest BCUT2D eigenvalue weighted by Crippen LogP contribution is 2.33. The highest BCUT2D eigenvalue weighted by atomic mass is 16.5. The fourth-order valence-electron chi connectivity index (χ4n) is 3.20. The Balaban J connectivity index is 1.75. The van der Waals surface area contributed by atoms with Gasteiger partial charge in [-0.1, -0.05) is 17.3 Å². The molecule has 0 atom stereocenters. The lowest BCUT2D eigenvalue weighted by molar-refractivity contribution is 0.414. The number of aromatic nitrogens is 2. The fourth-order valence-corrected chi connectivity index (χ4v) is 3.20. The van der Waals surface area contributed by atoms with E-state index in [-0.39, 0.29) is 0 Å². The van der Waals surface area contributed by atoms with Gasteiger partial charge in [0.25, 0.3) is 0 Å². The normalized spacial score (nSPS) is 13.3. The van der Waals surface area contributed by atoms with E-state index in [0.717, 1.165) is 37.3 Å². The van der Waals surface area contributed by atoms with E-state index < -0.39 is 0 Å². The van der Waals surface area contributed by atoms with E-state index in [2.05, 4.69) is 34.1 Å². The molecule has 0 fully saturated rings. The lowest BCUT2D eigenvalue weighted by Crippen LogP contribution is -2.01. The second-order valence-electron chi connectivity index (χ2n) is 5.70. The summed E-state index contributed by atoms with van der Waals surface area (Å²) in [6.45, 7) is 0.798. The van der Waals surface area contributed by atoms with Gasteiger partial charge in [0.2, 0.25) is 0 Å². The quantitative estimate of drug-likeness (QED) is 0.739. The third-order valence-corrected chi connectivity index (χ3v) is 4.29. The topological polar surface area (TPSA) is 40.2 Å². The molecular formula is C18H18N2O2. The van der Waals surface area contributed by atoms with Crippen LogP contribution in [0.3, 0.4) is 0 Å². The van der Waals surface area contributed by atoms with Crippen molar-refractivity contribution in [3.05, 3.63) is 59.4 Å². The van der Waals surface area contributed by atoms with Crippen LogP contribution in [0.1, 0.15) is 23.1 Å². The predicted molar refractivity (Wildman–Crippen MR) is 84.1 cm³/mol. The summed E-state index contributed by atoms with van der Waals surface area (Å²) in [4.78, 5) is 0. The van der Waals surface area contributed by atoms with Crippen LogP contribution in [0.5, 0.6) is 5.75 Å². The van der Waals surface area contributed by atoms with Gasteiger partial charge >= 0.3 is 0 Å². The highest BCUT2D eigenvalue weighted by Gasteiger charge is 2.22. The maximum absolute atomic E-state index is 5.55. The van der Waals surface area contributed by atoms with Crippen molar-refractivity contribution in [3.8, 4) is 17.2 Å². The van der Waals surface area contributed by atoms with Crippen molar-refractivity contribution in [2.24, 2.45) is 0 Å². The molecule has 0 saturated heterocycles. The molecule has 4 nitrogen and oxygen atoms in total. The SMILES string of the molecule is COc1cccc(Cn2ccc3c2-c2oncc2CCC3)c1. The molecule has 0 saturated carbocycles. The van der Waals surface area contributed by atoms with Gasteiger partial charge in [-0.15, -0.1) is 0 Å². The Morgan fingerprint density at radius 3 is 3.05 bits per heavy atom. The number of aryl methyl sites for hydroxylation is 2. The molecule has 1 aliphatic carbocycles. The molecule has 2 heterocycles. The van der Waals surface area contributed by atoms with Gasteiger partial charge in [-0.2, -0.15) is 0 Å². The minimum absolute atomic E-state index is 0.798. The Hall–Kier alpha value is -2.49. The van der Waals surface area contributed by atoms with Gasteiger partial charge < -0.3 is 13.8 Å². The molecule has 0 N–H and O–H groups in total. The average molecular weight is 294 g/mol. The molecule has 2 aromatic heterocycles. The maximum Gasteiger partial charge on any atom is 0.186 e. The Morgan fingerprint density at radius 2 is 2.14 bits per heavy atom. The first kappa shape index (κ1) is 13.2. The highest BCUT2D eigenvalue weighted by molar-refractivity contribution is 5.63. The zero-order valence-corrected chi connectivity index (χ0v) is 12.6. The number of fused-ring (bicyclic) bond motifs is 3. The molecule has 0 bridgehead atoms. The van der Waals surface area contributed by atoms with Crippen molar-refractivity contribution in [2.75, 3.05) is 7.11 Å². The molecule has 1 aromatic carbocycles. The Morgan fingerprint density at radius 1 is 1.23 bits per heavy atom. The molecule has 0 amide bonds. The van der Waals surface area contributed by atoms with Gasteiger partial charge in [-0.25, -0.2) is 0 Å². The van der Waals surface area contributed by atoms with Crippen molar-refractivity contribution in [2.45, 2.75) is 25.8 Å². The van der Waals surface area contributed by atoms with Gasteiger partial charge in [0.1, 0.15) is 5.75 Å². The molecule has 0 spiro atoms. The summed E-state index contributed by atoms with van der Waals surface area (Å²) in [7, 11) is 1.70. The van der Waals surface area contributed by atoms with E-state index >= 15 is 0 Å². The zero-order valence-electron chi connectivity index (χ0n) is 12.6. The van der Waals surface area contributed by atoms with Gasteiger partial charge in [0, 0.05) is 18.3 Å². The number of hydrogen-bond donors (Lipinski definition) is 0. The van der Waals surface area contributed by atoms with Crippen LogP contribution in [0, 0.1) is 0 Å². The van der Waals surface area contributed by atoms with Crippen LogP contribution in [0.25, 0.3) is 11.5 Å². The maximum atomic E-state index is 5.55. The lowest BCUT2D eigenvalue weighted by atomic mass is 10.1. The molecule has 4 rings (SSSR count). The number of hydrogen-bond acceptors (Lipinski definition) is 3. The summed E-state index contributed by atoms with van der Waals surface area (Å²) < 4.78 is 13.1. The van der Waals surface area contributed by atoms with Crippen LogP contribution in [0.2, 0.25) is 0 Å². The number of ether oxygens (including phenoxy) is 1. The molecule has 22 heavy (non-hydrogen) atoms. The van der Waals surface area contributed by atoms with Crippen LogP contribution in [0.4, 0.5) is 0 Å². The molecule has 112 valence electrons. The predicted octanol–water partition coefficient (Wildman–Crippen LogP) is 3.69.